The van der Waals surface area contributed by atoms with Gasteiger partial charge in [0.05, 0.1) is 39.7 Å². The van der Waals surface area contributed by atoms with Gasteiger partial charge >= 0.3 is 0 Å². The highest BCUT2D eigenvalue weighted by Gasteiger charge is 2.36. The van der Waals surface area contributed by atoms with E-state index in [9.17, 15) is 8.78 Å². The Morgan fingerprint density at radius 3 is 2.77 bits per heavy atom. The van der Waals surface area contributed by atoms with Crippen LogP contribution in [0.2, 0.25) is 19.6 Å². The molecule has 0 aliphatic carbocycles. The monoisotopic (exact) mass is 332 g/mol. The van der Waals surface area contributed by atoms with Crippen LogP contribution in [0.1, 0.15) is 12.8 Å². The highest BCUT2D eigenvalue weighted by atomic mass is 28.3. The number of aromatic nitrogens is 2. The van der Waals surface area contributed by atoms with E-state index >= 15 is 0 Å². The van der Waals surface area contributed by atoms with E-state index in [1.54, 1.807) is 9.58 Å². The van der Waals surface area contributed by atoms with Gasteiger partial charge in [-0.2, -0.15) is 5.10 Å². The van der Waals surface area contributed by atoms with Crippen LogP contribution in [0.3, 0.4) is 0 Å². The molecule has 126 valence electrons. The molecule has 5 nitrogen and oxygen atoms in total. The molecule has 0 amide bonds. The number of hydrogen-bond acceptors (Lipinski definition) is 4. The van der Waals surface area contributed by atoms with Crippen LogP contribution in [0, 0.1) is 0 Å². The fourth-order valence-electron chi connectivity index (χ4n) is 2.58. The molecule has 0 atom stereocenters. The van der Waals surface area contributed by atoms with E-state index in [-0.39, 0.29) is 13.0 Å². The fourth-order valence-corrected chi connectivity index (χ4v) is 3.34. The lowest BCUT2D eigenvalue weighted by molar-refractivity contribution is -0.0120. The molecule has 1 aliphatic rings. The van der Waals surface area contributed by atoms with Gasteiger partial charge in [0.1, 0.15) is 0 Å². The molecule has 8 heteroatoms. The van der Waals surface area contributed by atoms with E-state index in [4.69, 9.17) is 10.5 Å². The number of alkyl halides is 2. The van der Waals surface area contributed by atoms with Crippen molar-refractivity contribution in [3.63, 3.8) is 0 Å². The molecule has 2 N–H and O–H groups in total. The maximum absolute atomic E-state index is 13.6. The zero-order valence-corrected chi connectivity index (χ0v) is 14.6. The van der Waals surface area contributed by atoms with Crippen LogP contribution < -0.4 is 10.6 Å². The minimum absolute atomic E-state index is 0.0587. The number of anilines is 2. The van der Waals surface area contributed by atoms with Gasteiger partial charge in [-0.25, -0.2) is 13.5 Å². The Labute approximate surface area is 131 Å². The lowest BCUT2D eigenvalue weighted by Gasteiger charge is -2.34. The average Bonchev–Trinajstić information content (AvgIpc) is 2.73. The summed E-state index contributed by atoms with van der Waals surface area (Å²) in [4.78, 5) is 1.64. The number of nitrogens with zero attached hydrogens (tertiary/aromatic N) is 3. The normalized spacial score (nSPS) is 18.7. The van der Waals surface area contributed by atoms with Gasteiger partial charge in [0.25, 0.3) is 5.92 Å². The molecule has 1 aliphatic heterocycles. The summed E-state index contributed by atoms with van der Waals surface area (Å²) >= 11 is 0. The lowest BCUT2D eigenvalue weighted by Crippen LogP contribution is -2.44. The standard InChI is InChI=1S/C14H26F2N4OSi/c1-22(2,3)11-21-8-7-20-13(12(17)9-18-20)19-6-4-5-14(15,16)10-19/h9H,4-8,10-11,17H2,1-3H3. The maximum atomic E-state index is 13.6. The molecule has 2 heterocycles. The minimum Gasteiger partial charge on any atom is -0.394 e. The first-order valence-corrected chi connectivity index (χ1v) is 11.4. The van der Waals surface area contributed by atoms with Crippen LogP contribution in [0.4, 0.5) is 20.3 Å². The summed E-state index contributed by atoms with van der Waals surface area (Å²) in [7, 11) is -1.24. The van der Waals surface area contributed by atoms with Crippen LogP contribution in [0.15, 0.2) is 6.20 Å². The first-order valence-electron chi connectivity index (χ1n) is 7.70. The van der Waals surface area contributed by atoms with Gasteiger partial charge in [-0.3, -0.25) is 0 Å². The minimum atomic E-state index is -2.66. The van der Waals surface area contributed by atoms with Crippen LogP contribution in [0.25, 0.3) is 0 Å². The summed E-state index contributed by atoms with van der Waals surface area (Å²) in [6.07, 6.45) is 2.71. The van der Waals surface area contributed by atoms with Crippen LogP contribution >= 0.6 is 0 Å². The van der Waals surface area contributed by atoms with Crippen LogP contribution in [-0.2, 0) is 11.3 Å². The number of ether oxygens (including phenoxy) is 1. The number of piperidine rings is 1. The van der Waals surface area contributed by atoms with Gasteiger partial charge in [-0.1, -0.05) is 19.6 Å². The first kappa shape index (κ1) is 17.2. The van der Waals surface area contributed by atoms with E-state index in [0.717, 1.165) is 6.23 Å². The molecular weight excluding hydrogens is 306 g/mol. The highest BCUT2D eigenvalue weighted by Crippen LogP contribution is 2.32. The van der Waals surface area contributed by atoms with Gasteiger partial charge < -0.3 is 15.4 Å². The third-order valence-electron chi connectivity index (χ3n) is 3.51. The van der Waals surface area contributed by atoms with Crippen molar-refractivity contribution in [2.24, 2.45) is 0 Å². The average molecular weight is 332 g/mol. The molecule has 0 unspecified atom stereocenters. The Bertz CT molecular complexity index is 502. The molecule has 22 heavy (non-hydrogen) atoms. The molecule has 1 aromatic rings. The summed E-state index contributed by atoms with van der Waals surface area (Å²) < 4.78 is 34.6. The highest BCUT2D eigenvalue weighted by molar-refractivity contribution is 6.76. The number of hydrogen-bond donors (Lipinski definition) is 1. The van der Waals surface area contributed by atoms with Crippen molar-refractivity contribution in [3.8, 4) is 0 Å². The summed E-state index contributed by atoms with van der Waals surface area (Å²) in [5.41, 5.74) is 6.38. The van der Waals surface area contributed by atoms with Crippen molar-refractivity contribution in [1.29, 1.82) is 0 Å². The molecule has 0 saturated carbocycles. The molecule has 1 aromatic heterocycles. The van der Waals surface area contributed by atoms with Crippen molar-refractivity contribution in [1.82, 2.24) is 9.78 Å². The van der Waals surface area contributed by atoms with Crippen molar-refractivity contribution in [2.45, 2.75) is 44.9 Å². The largest absolute Gasteiger partial charge is 0.394 e. The molecule has 1 fully saturated rings. The second-order valence-corrected chi connectivity index (χ2v) is 12.6. The van der Waals surface area contributed by atoms with Gasteiger partial charge in [0.2, 0.25) is 0 Å². The van der Waals surface area contributed by atoms with Crippen LogP contribution in [0.5, 0.6) is 0 Å². The van der Waals surface area contributed by atoms with Gasteiger partial charge in [0, 0.05) is 19.2 Å². The zero-order valence-electron chi connectivity index (χ0n) is 13.6. The molecular formula is C14H26F2N4OSi. The van der Waals surface area contributed by atoms with E-state index in [0.29, 0.717) is 37.6 Å². The number of rotatable bonds is 6. The van der Waals surface area contributed by atoms with Gasteiger partial charge in [-0.15, -0.1) is 0 Å². The Kier molecular flexibility index (Phi) is 5.11. The molecule has 0 spiro atoms. The van der Waals surface area contributed by atoms with Crippen molar-refractivity contribution in [3.05, 3.63) is 6.20 Å². The number of nitrogen functional groups attached to an aromatic ring is 1. The molecule has 0 aromatic carbocycles. The third-order valence-corrected chi connectivity index (χ3v) is 4.58. The van der Waals surface area contributed by atoms with Crippen molar-refractivity contribution >= 4 is 19.6 Å². The number of halogens is 2. The molecule has 0 radical (unpaired) electrons. The Morgan fingerprint density at radius 2 is 2.14 bits per heavy atom. The van der Waals surface area contributed by atoms with Gasteiger partial charge in [-0.05, 0) is 6.42 Å². The van der Waals surface area contributed by atoms with Gasteiger partial charge in [0.15, 0.2) is 5.82 Å². The molecule has 0 bridgehead atoms. The molecule has 1 saturated heterocycles. The third kappa shape index (κ3) is 4.67. The second kappa shape index (κ2) is 6.53. The lowest BCUT2D eigenvalue weighted by atomic mass is 10.1. The fraction of sp³-hybridized carbons (Fsp3) is 0.786. The summed E-state index contributed by atoms with van der Waals surface area (Å²) in [5, 5.41) is 4.21. The summed E-state index contributed by atoms with van der Waals surface area (Å²) in [6.45, 7) is 8.04. The predicted molar refractivity (Wildman–Crippen MR) is 87.2 cm³/mol. The van der Waals surface area contributed by atoms with E-state index in [1.807, 2.05) is 0 Å². The first-order chi connectivity index (χ1) is 10.2. The smallest absolute Gasteiger partial charge is 0.265 e. The Balaban J connectivity index is 1.99. The quantitative estimate of drug-likeness (QED) is 0.643. The summed E-state index contributed by atoms with van der Waals surface area (Å²) in [5.74, 6) is -2.07. The zero-order chi connectivity index (χ0) is 16.4. The van der Waals surface area contributed by atoms with E-state index in [1.165, 1.54) is 6.20 Å². The second-order valence-electron chi connectivity index (χ2n) is 7.14. The number of nitrogens with two attached hydrogens (primary N) is 1. The van der Waals surface area contributed by atoms with Crippen LogP contribution in [-0.4, -0.2) is 49.7 Å². The topological polar surface area (TPSA) is 56.3 Å². The predicted octanol–water partition coefficient (Wildman–Crippen LogP) is 2.59. The van der Waals surface area contributed by atoms with E-state index < -0.39 is 14.0 Å². The Morgan fingerprint density at radius 1 is 1.41 bits per heavy atom. The van der Waals surface area contributed by atoms with Crippen molar-refractivity contribution < 1.29 is 13.5 Å². The maximum Gasteiger partial charge on any atom is 0.265 e. The van der Waals surface area contributed by atoms with E-state index in [2.05, 4.69) is 24.7 Å². The Hall–Kier alpha value is -1.15. The van der Waals surface area contributed by atoms with Crippen molar-refractivity contribution in [2.75, 3.05) is 36.6 Å². The summed E-state index contributed by atoms with van der Waals surface area (Å²) in [6, 6.07) is 0. The molecule has 2 rings (SSSR count). The SMILES string of the molecule is C[Si](C)(C)COCCn1ncc(N)c1N1CCCC(F)(F)C1.